The largest absolute Gasteiger partial charge is 0.420 e. The Morgan fingerprint density at radius 3 is 1.41 bits per heavy atom. The van der Waals surface area contributed by atoms with E-state index in [0.717, 1.165) is 25.8 Å². The van der Waals surface area contributed by atoms with Crippen molar-refractivity contribution < 1.29 is 8.85 Å². The monoisotopic (exact) mass is 418 g/mol. The molecular formula is C21H50N2O2Si2. The van der Waals surface area contributed by atoms with Gasteiger partial charge in [-0.25, -0.2) is 0 Å². The minimum atomic E-state index is -1.48. The molecule has 0 aromatic heterocycles. The molecule has 0 radical (unpaired) electrons. The lowest BCUT2D eigenvalue weighted by molar-refractivity contribution is 0.312. The molecule has 4 nitrogen and oxygen atoms in total. The summed E-state index contributed by atoms with van der Waals surface area (Å²) in [6.07, 6.45) is 13.5. The first kappa shape index (κ1) is 27.3. The molecule has 6 heteroatoms. The Hall–Kier alpha value is 0.274. The zero-order valence-electron chi connectivity index (χ0n) is 19.4. The molecular weight excluding hydrogens is 368 g/mol. The summed E-state index contributed by atoms with van der Waals surface area (Å²) in [6.45, 7) is 10.0. The van der Waals surface area contributed by atoms with Crippen LogP contribution in [0.1, 0.15) is 70.6 Å². The topological polar surface area (TPSA) is 70.5 Å². The Kier molecular flexibility index (Phi) is 14.4. The van der Waals surface area contributed by atoms with Crippen LogP contribution in [0, 0.1) is 0 Å². The zero-order valence-corrected chi connectivity index (χ0v) is 21.4. The normalized spacial score (nSPS) is 13.3. The van der Waals surface area contributed by atoms with E-state index in [9.17, 15) is 0 Å². The summed E-state index contributed by atoms with van der Waals surface area (Å²) in [4.78, 5) is 0. The highest BCUT2D eigenvalue weighted by molar-refractivity contribution is 6.71. The number of hydrogen-bond acceptors (Lipinski definition) is 4. The van der Waals surface area contributed by atoms with Crippen molar-refractivity contribution in [2.24, 2.45) is 11.5 Å². The molecule has 27 heavy (non-hydrogen) atoms. The van der Waals surface area contributed by atoms with Gasteiger partial charge in [-0.1, -0.05) is 44.9 Å². The predicted molar refractivity (Wildman–Crippen MR) is 125 cm³/mol. The van der Waals surface area contributed by atoms with E-state index in [4.69, 9.17) is 20.3 Å². The van der Waals surface area contributed by atoms with Gasteiger partial charge < -0.3 is 20.3 Å². The third kappa shape index (κ3) is 14.9. The Labute approximate surface area is 172 Å². The van der Waals surface area contributed by atoms with Crippen LogP contribution in [0.15, 0.2) is 0 Å². The van der Waals surface area contributed by atoms with Crippen LogP contribution in [-0.2, 0) is 8.85 Å². The van der Waals surface area contributed by atoms with Crippen LogP contribution in [0.3, 0.4) is 0 Å². The lowest BCUT2D eigenvalue weighted by atomic mass is 9.84. The van der Waals surface area contributed by atoms with E-state index in [1.54, 1.807) is 0 Å². The van der Waals surface area contributed by atoms with Gasteiger partial charge in [0.25, 0.3) is 0 Å². The minimum absolute atomic E-state index is 0.00625. The molecule has 0 unspecified atom stereocenters. The van der Waals surface area contributed by atoms with Gasteiger partial charge in [-0.3, -0.25) is 0 Å². The Bertz CT molecular complexity index is 344. The van der Waals surface area contributed by atoms with Crippen LogP contribution in [0.5, 0.6) is 0 Å². The highest BCUT2D eigenvalue weighted by atomic mass is 28.4. The van der Waals surface area contributed by atoms with E-state index in [-0.39, 0.29) is 5.54 Å². The standard InChI is InChI=1S/C21H50N2O2Si2/c1-24-26(3,4)19-13-16-21(23,17-14-20-27(5,6)25-2)15-11-9-7-8-10-12-18-22/h7-20,22-23H2,1-6H3. The van der Waals surface area contributed by atoms with E-state index in [0.29, 0.717) is 0 Å². The molecule has 0 rings (SSSR count). The molecule has 0 aromatic carbocycles. The summed E-state index contributed by atoms with van der Waals surface area (Å²) < 4.78 is 11.4. The van der Waals surface area contributed by atoms with Crippen molar-refractivity contribution in [1.82, 2.24) is 0 Å². The van der Waals surface area contributed by atoms with Gasteiger partial charge in [-0.2, -0.15) is 0 Å². The maximum Gasteiger partial charge on any atom is 0.186 e. The van der Waals surface area contributed by atoms with Crippen molar-refractivity contribution in [3.8, 4) is 0 Å². The molecule has 0 saturated heterocycles. The van der Waals surface area contributed by atoms with Crippen LogP contribution in [0.2, 0.25) is 38.3 Å². The average Bonchev–Trinajstić information content (AvgIpc) is 2.60. The number of unbranched alkanes of at least 4 members (excludes halogenated alkanes) is 5. The smallest absolute Gasteiger partial charge is 0.186 e. The van der Waals surface area contributed by atoms with Crippen molar-refractivity contribution in [3.63, 3.8) is 0 Å². The summed E-state index contributed by atoms with van der Waals surface area (Å²) in [6, 6.07) is 2.42. The number of hydrogen-bond donors (Lipinski definition) is 2. The fourth-order valence-corrected chi connectivity index (χ4v) is 6.10. The third-order valence-corrected chi connectivity index (χ3v) is 11.5. The molecule has 0 heterocycles. The second-order valence-corrected chi connectivity index (χ2v) is 18.5. The van der Waals surface area contributed by atoms with Crippen LogP contribution in [-0.4, -0.2) is 42.9 Å². The SMILES string of the molecule is CO[Si](C)(C)CCCC(N)(CCCCCCCCN)CCC[Si](C)(C)OC. The van der Waals surface area contributed by atoms with Gasteiger partial charge in [-0.15, -0.1) is 0 Å². The number of rotatable bonds is 18. The van der Waals surface area contributed by atoms with Gasteiger partial charge in [0.1, 0.15) is 0 Å². The zero-order chi connectivity index (χ0) is 20.8. The quantitative estimate of drug-likeness (QED) is 0.223. The molecule has 0 bridgehead atoms. The van der Waals surface area contributed by atoms with Gasteiger partial charge in [0.05, 0.1) is 0 Å². The van der Waals surface area contributed by atoms with Crippen molar-refractivity contribution >= 4 is 16.6 Å². The van der Waals surface area contributed by atoms with Crippen LogP contribution < -0.4 is 11.5 Å². The van der Waals surface area contributed by atoms with Crippen molar-refractivity contribution in [2.75, 3.05) is 20.8 Å². The maximum atomic E-state index is 6.93. The first-order chi connectivity index (χ1) is 12.6. The molecule has 0 aromatic rings. The van der Waals surface area contributed by atoms with Crippen LogP contribution >= 0.6 is 0 Å². The van der Waals surface area contributed by atoms with Gasteiger partial charge in [0.2, 0.25) is 0 Å². The molecule has 0 saturated carbocycles. The average molecular weight is 419 g/mol. The molecule has 4 N–H and O–H groups in total. The summed E-state index contributed by atoms with van der Waals surface area (Å²) in [5, 5.41) is 0. The van der Waals surface area contributed by atoms with Crippen LogP contribution in [0.25, 0.3) is 0 Å². The molecule has 0 aliphatic heterocycles. The molecule has 0 spiro atoms. The second kappa shape index (κ2) is 14.3. The van der Waals surface area contributed by atoms with Gasteiger partial charge in [0, 0.05) is 19.8 Å². The van der Waals surface area contributed by atoms with Crippen molar-refractivity contribution in [3.05, 3.63) is 0 Å². The van der Waals surface area contributed by atoms with Gasteiger partial charge >= 0.3 is 0 Å². The van der Waals surface area contributed by atoms with Crippen LogP contribution in [0.4, 0.5) is 0 Å². The highest BCUT2D eigenvalue weighted by Crippen LogP contribution is 2.29. The van der Waals surface area contributed by atoms with E-state index in [1.165, 1.54) is 63.5 Å². The lowest BCUT2D eigenvalue weighted by Gasteiger charge is -2.32. The molecule has 164 valence electrons. The second-order valence-electron chi connectivity index (χ2n) is 9.66. The number of nitrogens with two attached hydrogens (primary N) is 2. The molecule has 0 aliphatic carbocycles. The first-order valence-corrected chi connectivity index (χ1v) is 17.4. The molecule has 0 aliphatic rings. The molecule has 0 amide bonds. The van der Waals surface area contributed by atoms with E-state index in [2.05, 4.69) is 26.2 Å². The minimum Gasteiger partial charge on any atom is -0.420 e. The fraction of sp³-hybridized carbons (Fsp3) is 1.00. The lowest BCUT2D eigenvalue weighted by Crippen LogP contribution is -2.41. The summed E-state index contributed by atoms with van der Waals surface area (Å²) >= 11 is 0. The van der Waals surface area contributed by atoms with E-state index in [1.807, 2.05) is 14.2 Å². The van der Waals surface area contributed by atoms with E-state index < -0.39 is 16.6 Å². The Balaban J connectivity index is 4.41. The maximum absolute atomic E-state index is 6.93. The molecule has 0 atom stereocenters. The predicted octanol–water partition coefficient (Wildman–Crippen LogP) is 5.64. The summed E-state index contributed by atoms with van der Waals surface area (Å²) in [7, 11) is 0.771. The first-order valence-electron chi connectivity index (χ1n) is 11.2. The molecule has 0 fully saturated rings. The summed E-state index contributed by atoms with van der Waals surface area (Å²) in [5.74, 6) is 0. The summed E-state index contributed by atoms with van der Waals surface area (Å²) in [5.41, 5.74) is 12.5. The Morgan fingerprint density at radius 2 is 1.00 bits per heavy atom. The van der Waals surface area contributed by atoms with Gasteiger partial charge in [-0.05, 0) is 70.5 Å². The fourth-order valence-electron chi connectivity index (χ4n) is 3.64. The van der Waals surface area contributed by atoms with Crippen molar-refractivity contribution in [2.45, 2.75) is 114 Å². The van der Waals surface area contributed by atoms with E-state index >= 15 is 0 Å². The van der Waals surface area contributed by atoms with Gasteiger partial charge in [0.15, 0.2) is 16.6 Å². The highest BCUT2D eigenvalue weighted by Gasteiger charge is 2.28. The van der Waals surface area contributed by atoms with Crippen molar-refractivity contribution in [1.29, 1.82) is 0 Å². The third-order valence-electron chi connectivity index (χ3n) is 6.14. The Morgan fingerprint density at radius 1 is 0.630 bits per heavy atom.